The molecule has 2 aromatic carbocycles. The van der Waals surface area contributed by atoms with Gasteiger partial charge in [0.15, 0.2) is 0 Å². The van der Waals surface area contributed by atoms with Crippen LogP contribution >= 0.6 is 11.6 Å². The van der Waals surface area contributed by atoms with Crippen LogP contribution in [0.2, 0.25) is 5.02 Å². The Bertz CT molecular complexity index is 1080. The van der Waals surface area contributed by atoms with Crippen molar-refractivity contribution in [2.24, 2.45) is 7.05 Å². The van der Waals surface area contributed by atoms with Crippen molar-refractivity contribution in [1.82, 2.24) is 4.57 Å². The highest BCUT2D eigenvalue weighted by Gasteiger charge is 2.25. The minimum Gasteiger partial charge on any atom is -0.489 e. The summed E-state index contributed by atoms with van der Waals surface area (Å²) in [5.41, 5.74) is 3.76. The topological polar surface area (TPSA) is 64.2 Å². The molecular formula is C23H21ClN2O3. The average Bonchev–Trinajstić information content (AvgIpc) is 2.98. The number of ether oxygens (including phenoxy) is 2. The minimum atomic E-state index is -0.450. The molecule has 148 valence electrons. The van der Waals surface area contributed by atoms with E-state index in [4.69, 9.17) is 21.1 Å². The van der Waals surface area contributed by atoms with Crippen molar-refractivity contribution in [2.75, 3.05) is 6.61 Å². The van der Waals surface area contributed by atoms with Crippen LogP contribution in [-0.2, 0) is 18.4 Å². The number of halogens is 1. The number of nitrogens with zero attached hydrogens (tertiary/aromatic N) is 2. The minimum absolute atomic E-state index is 0.263. The van der Waals surface area contributed by atoms with E-state index < -0.39 is 5.97 Å². The Labute approximate surface area is 175 Å². The third-order valence-electron chi connectivity index (χ3n) is 4.76. The largest absolute Gasteiger partial charge is 0.489 e. The number of carbonyl (C=O) groups excluding carboxylic acids is 1. The molecule has 0 saturated heterocycles. The van der Waals surface area contributed by atoms with Gasteiger partial charge < -0.3 is 14.0 Å². The first-order chi connectivity index (χ1) is 14.0. The van der Waals surface area contributed by atoms with Crippen LogP contribution in [0.5, 0.6) is 5.75 Å². The molecule has 6 heteroatoms. The first kappa shape index (κ1) is 20.5. The van der Waals surface area contributed by atoms with E-state index in [2.05, 4.69) is 6.07 Å². The number of esters is 1. The Morgan fingerprint density at radius 1 is 1.17 bits per heavy atom. The van der Waals surface area contributed by atoms with E-state index in [1.807, 2.05) is 55.5 Å². The van der Waals surface area contributed by atoms with Crippen LogP contribution in [0.15, 0.2) is 48.5 Å². The molecule has 5 nitrogen and oxygen atoms in total. The third kappa shape index (κ3) is 4.13. The summed E-state index contributed by atoms with van der Waals surface area (Å²) in [5.74, 6) is 0.214. The smallest absolute Gasteiger partial charge is 0.355 e. The average molecular weight is 409 g/mol. The molecule has 0 N–H and O–H groups in total. The SMILES string of the molecule is CCOC(=O)c1c(-c2ccc(OCc3ccccc3Cl)cc2)c(C#N)c(C)n1C. The Morgan fingerprint density at radius 3 is 2.48 bits per heavy atom. The molecule has 0 spiro atoms. The van der Waals surface area contributed by atoms with Crippen LogP contribution in [0.4, 0.5) is 0 Å². The van der Waals surface area contributed by atoms with Crippen molar-refractivity contribution < 1.29 is 14.3 Å². The quantitative estimate of drug-likeness (QED) is 0.520. The first-order valence-electron chi connectivity index (χ1n) is 9.21. The molecule has 0 amide bonds. The fourth-order valence-electron chi connectivity index (χ4n) is 3.15. The number of benzene rings is 2. The Hall–Kier alpha value is -3.23. The van der Waals surface area contributed by atoms with Crippen molar-refractivity contribution in [2.45, 2.75) is 20.5 Å². The highest BCUT2D eigenvalue weighted by atomic mass is 35.5. The molecule has 0 radical (unpaired) electrons. The van der Waals surface area contributed by atoms with Crippen molar-refractivity contribution in [1.29, 1.82) is 5.26 Å². The van der Waals surface area contributed by atoms with Gasteiger partial charge in [0, 0.05) is 28.9 Å². The zero-order valence-corrected chi connectivity index (χ0v) is 17.3. The van der Waals surface area contributed by atoms with Crippen molar-refractivity contribution in [3.63, 3.8) is 0 Å². The van der Waals surface area contributed by atoms with E-state index in [-0.39, 0.29) is 6.61 Å². The zero-order chi connectivity index (χ0) is 21.0. The Balaban J connectivity index is 1.92. The third-order valence-corrected chi connectivity index (χ3v) is 5.13. The number of nitriles is 1. The van der Waals surface area contributed by atoms with Crippen LogP contribution in [0.1, 0.15) is 34.2 Å². The van der Waals surface area contributed by atoms with Gasteiger partial charge in [-0.05, 0) is 37.6 Å². The number of hydrogen-bond donors (Lipinski definition) is 0. The molecule has 0 bridgehead atoms. The van der Waals surface area contributed by atoms with Gasteiger partial charge in [-0.2, -0.15) is 5.26 Å². The molecule has 0 aliphatic heterocycles. The van der Waals surface area contributed by atoms with Gasteiger partial charge in [0.1, 0.15) is 24.1 Å². The Kier molecular flexibility index (Phi) is 6.26. The van der Waals surface area contributed by atoms with Crippen molar-refractivity contribution >= 4 is 17.6 Å². The van der Waals surface area contributed by atoms with E-state index in [0.717, 1.165) is 11.1 Å². The number of rotatable bonds is 6. The number of aromatic nitrogens is 1. The summed E-state index contributed by atoms with van der Waals surface area (Å²) in [6.45, 7) is 4.18. The van der Waals surface area contributed by atoms with Crippen LogP contribution in [-0.4, -0.2) is 17.1 Å². The second-order valence-corrected chi connectivity index (χ2v) is 6.89. The summed E-state index contributed by atoms with van der Waals surface area (Å²) in [6, 6.07) is 17.0. The fraction of sp³-hybridized carbons (Fsp3) is 0.217. The molecule has 0 unspecified atom stereocenters. The van der Waals surface area contributed by atoms with Gasteiger partial charge in [0.2, 0.25) is 0 Å². The highest BCUT2D eigenvalue weighted by Crippen LogP contribution is 2.33. The van der Waals surface area contributed by atoms with Crippen LogP contribution in [0.3, 0.4) is 0 Å². The predicted octanol–water partition coefficient (Wildman–Crippen LogP) is 5.28. The van der Waals surface area contributed by atoms with E-state index in [9.17, 15) is 10.1 Å². The van der Waals surface area contributed by atoms with Crippen LogP contribution in [0.25, 0.3) is 11.1 Å². The molecule has 29 heavy (non-hydrogen) atoms. The van der Waals surface area contributed by atoms with Gasteiger partial charge in [-0.3, -0.25) is 0 Å². The summed E-state index contributed by atoms with van der Waals surface area (Å²) in [5, 5.41) is 10.3. The van der Waals surface area contributed by atoms with Gasteiger partial charge >= 0.3 is 5.97 Å². The molecular weight excluding hydrogens is 388 g/mol. The zero-order valence-electron chi connectivity index (χ0n) is 16.5. The van der Waals surface area contributed by atoms with Crippen LogP contribution in [0, 0.1) is 18.3 Å². The molecule has 3 rings (SSSR count). The Morgan fingerprint density at radius 2 is 1.86 bits per heavy atom. The van der Waals surface area contributed by atoms with E-state index in [1.165, 1.54) is 0 Å². The monoisotopic (exact) mass is 408 g/mol. The molecule has 3 aromatic rings. The normalized spacial score (nSPS) is 10.4. The summed E-state index contributed by atoms with van der Waals surface area (Å²) >= 11 is 6.16. The second-order valence-electron chi connectivity index (χ2n) is 6.48. The van der Waals surface area contributed by atoms with Gasteiger partial charge in [-0.1, -0.05) is 41.9 Å². The van der Waals surface area contributed by atoms with E-state index >= 15 is 0 Å². The number of carbonyl (C=O) groups is 1. The molecule has 1 heterocycles. The van der Waals surface area contributed by atoms with Gasteiger partial charge in [-0.25, -0.2) is 4.79 Å². The van der Waals surface area contributed by atoms with Crippen molar-refractivity contribution in [3.05, 3.63) is 76.1 Å². The molecule has 1 aromatic heterocycles. The lowest BCUT2D eigenvalue weighted by molar-refractivity contribution is 0.0516. The maximum absolute atomic E-state index is 12.5. The summed E-state index contributed by atoms with van der Waals surface area (Å²) < 4.78 is 12.7. The summed E-state index contributed by atoms with van der Waals surface area (Å²) in [4.78, 5) is 12.5. The van der Waals surface area contributed by atoms with Gasteiger partial charge in [0.25, 0.3) is 0 Å². The predicted molar refractivity (Wildman–Crippen MR) is 112 cm³/mol. The molecule has 0 aliphatic carbocycles. The highest BCUT2D eigenvalue weighted by molar-refractivity contribution is 6.31. The summed E-state index contributed by atoms with van der Waals surface area (Å²) in [7, 11) is 1.76. The molecule has 0 saturated carbocycles. The maximum Gasteiger partial charge on any atom is 0.355 e. The lowest BCUT2D eigenvalue weighted by Gasteiger charge is -2.10. The van der Waals surface area contributed by atoms with Crippen LogP contribution < -0.4 is 4.74 Å². The fourth-order valence-corrected chi connectivity index (χ4v) is 3.34. The molecule has 0 aliphatic rings. The lowest BCUT2D eigenvalue weighted by Crippen LogP contribution is -2.11. The summed E-state index contributed by atoms with van der Waals surface area (Å²) in [6.07, 6.45) is 0. The van der Waals surface area contributed by atoms with Crippen molar-refractivity contribution in [3.8, 4) is 22.9 Å². The molecule has 0 atom stereocenters. The molecule has 0 fully saturated rings. The lowest BCUT2D eigenvalue weighted by atomic mass is 10.0. The standard InChI is InChI=1S/C23H21ClN2O3/c1-4-28-23(27)22-21(19(13-25)15(2)26(22)3)16-9-11-18(12-10-16)29-14-17-7-5-6-8-20(17)24/h5-12H,4,14H2,1-3H3. The number of hydrogen-bond acceptors (Lipinski definition) is 4. The van der Waals surface area contributed by atoms with E-state index in [0.29, 0.717) is 39.9 Å². The first-order valence-corrected chi connectivity index (χ1v) is 9.58. The second kappa shape index (κ2) is 8.85. The van der Waals surface area contributed by atoms with E-state index in [1.54, 1.807) is 18.5 Å². The maximum atomic E-state index is 12.5. The van der Waals surface area contributed by atoms with Gasteiger partial charge in [-0.15, -0.1) is 0 Å². The van der Waals surface area contributed by atoms with Gasteiger partial charge in [0.05, 0.1) is 12.2 Å².